The van der Waals surface area contributed by atoms with Crippen molar-refractivity contribution in [2.45, 2.75) is 18.9 Å². The average molecular weight is 403 g/mol. The third-order valence-corrected chi connectivity index (χ3v) is 4.70. The molecule has 25 heavy (non-hydrogen) atoms. The van der Waals surface area contributed by atoms with Gasteiger partial charge in [0.05, 0.1) is 25.3 Å². The van der Waals surface area contributed by atoms with E-state index < -0.39 is 6.04 Å². The molecule has 1 unspecified atom stereocenters. The number of methoxy groups -OCH3 is 1. The number of carbonyl (C=O) groups is 2. The minimum atomic E-state index is -0.471. The van der Waals surface area contributed by atoms with Crippen LogP contribution in [-0.4, -0.2) is 31.5 Å². The normalized spacial score (nSPS) is 17.2. The van der Waals surface area contributed by atoms with E-state index in [9.17, 15) is 9.59 Å². The molecule has 130 valence electrons. The van der Waals surface area contributed by atoms with Gasteiger partial charge in [-0.1, -0.05) is 28.1 Å². The zero-order valence-electron chi connectivity index (χ0n) is 13.9. The highest BCUT2D eigenvalue weighted by atomic mass is 79.9. The number of imide groups is 1. The maximum Gasteiger partial charge on any atom is 0.251 e. The van der Waals surface area contributed by atoms with Gasteiger partial charge < -0.3 is 10.1 Å². The predicted molar refractivity (Wildman–Crippen MR) is 99.7 cm³/mol. The highest BCUT2D eigenvalue weighted by molar-refractivity contribution is 9.10. The smallest absolute Gasteiger partial charge is 0.251 e. The highest BCUT2D eigenvalue weighted by Crippen LogP contribution is 2.24. The molecule has 0 bridgehead atoms. The van der Waals surface area contributed by atoms with Gasteiger partial charge in [-0.3, -0.25) is 9.59 Å². The monoisotopic (exact) mass is 402 g/mol. The summed E-state index contributed by atoms with van der Waals surface area (Å²) in [4.78, 5) is 26.0. The lowest BCUT2D eigenvalue weighted by molar-refractivity contribution is -0.121. The molecule has 1 aliphatic rings. The molecular formula is C19H19BrN2O3. The first-order valence-electron chi connectivity index (χ1n) is 8.07. The second-order valence-corrected chi connectivity index (χ2v) is 6.77. The van der Waals surface area contributed by atoms with E-state index >= 15 is 0 Å². The van der Waals surface area contributed by atoms with Gasteiger partial charge in [0.1, 0.15) is 5.75 Å². The molecule has 2 aromatic rings. The van der Waals surface area contributed by atoms with Gasteiger partial charge in [0.2, 0.25) is 5.91 Å². The summed E-state index contributed by atoms with van der Waals surface area (Å²) < 4.78 is 6.11. The van der Waals surface area contributed by atoms with Crippen LogP contribution in [-0.2, 0) is 16.0 Å². The Bertz CT molecular complexity index is 776. The zero-order chi connectivity index (χ0) is 17.8. The van der Waals surface area contributed by atoms with Crippen molar-refractivity contribution in [1.82, 2.24) is 5.32 Å². The van der Waals surface area contributed by atoms with E-state index in [4.69, 9.17) is 4.74 Å². The van der Waals surface area contributed by atoms with E-state index in [1.165, 1.54) is 4.90 Å². The minimum Gasteiger partial charge on any atom is -0.497 e. The van der Waals surface area contributed by atoms with Crippen LogP contribution in [0.3, 0.4) is 0 Å². The molecule has 1 atom stereocenters. The van der Waals surface area contributed by atoms with Gasteiger partial charge in [0.25, 0.3) is 5.91 Å². The summed E-state index contributed by atoms with van der Waals surface area (Å²) >= 11 is 3.35. The Kier molecular flexibility index (Phi) is 5.50. The lowest BCUT2D eigenvalue weighted by atomic mass is 10.1. The topological polar surface area (TPSA) is 58.6 Å². The fraction of sp³-hybridized carbons (Fsp3) is 0.263. The lowest BCUT2D eigenvalue weighted by Crippen LogP contribution is -2.39. The summed E-state index contributed by atoms with van der Waals surface area (Å²) in [5.41, 5.74) is 1.73. The van der Waals surface area contributed by atoms with Crippen molar-refractivity contribution >= 4 is 33.4 Å². The molecular weight excluding hydrogens is 384 g/mol. The minimum absolute atomic E-state index is 0.175. The van der Waals surface area contributed by atoms with Crippen LogP contribution in [0.25, 0.3) is 0 Å². The second-order valence-electron chi connectivity index (χ2n) is 5.86. The average Bonchev–Trinajstić information content (AvgIpc) is 2.90. The van der Waals surface area contributed by atoms with Crippen molar-refractivity contribution < 1.29 is 14.3 Å². The number of rotatable bonds is 6. The number of hydrogen-bond acceptors (Lipinski definition) is 4. The Morgan fingerprint density at radius 1 is 1.20 bits per heavy atom. The molecule has 1 fully saturated rings. The molecule has 2 amide bonds. The number of benzene rings is 2. The summed E-state index contributed by atoms with van der Waals surface area (Å²) in [5, 5.41) is 3.20. The number of ether oxygens (including phenoxy) is 1. The van der Waals surface area contributed by atoms with Crippen LogP contribution < -0.4 is 15.0 Å². The first kappa shape index (κ1) is 17.6. The first-order valence-corrected chi connectivity index (χ1v) is 8.86. The molecule has 0 radical (unpaired) electrons. The van der Waals surface area contributed by atoms with Crippen LogP contribution in [0.1, 0.15) is 12.0 Å². The standard InChI is InChI=1S/C19H19BrN2O3/c1-25-16-4-2-3-13(11-16)9-10-21-17-12-18(23)22(19(17)24)15-7-5-14(20)6-8-15/h2-8,11,17,21H,9-10,12H2,1H3. The van der Waals surface area contributed by atoms with Crippen molar-refractivity contribution in [2.24, 2.45) is 0 Å². The van der Waals surface area contributed by atoms with Gasteiger partial charge in [-0.2, -0.15) is 0 Å². The third-order valence-electron chi connectivity index (χ3n) is 4.17. The number of amides is 2. The van der Waals surface area contributed by atoms with Gasteiger partial charge >= 0.3 is 0 Å². The van der Waals surface area contributed by atoms with E-state index in [1.54, 1.807) is 19.2 Å². The van der Waals surface area contributed by atoms with E-state index in [0.29, 0.717) is 12.2 Å². The van der Waals surface area contributed by atoms with Crippen molar-refractivity contribution in [1.29, 1.82) is 0 Å². The molecule has 3 rings (SSSR count). The summed E-state index contributed by atoms with van der Waals surface area (Å²) in [6.07, 6.45) is 0.945. The van der Waals surface area contributed by atoms with Crippen molar-refractivity contribution in [3.8, 4) is 5.75 Å². The molecule has 0 saturated carbocycles. The maximum atomic E-state index is 12.6. The van der Waals surface area contributed by atoms with Crippen LogP contribution >= 0.6 is 15.9 Å². The quantitative estimate of drug-likeness (QED) is 0.754. The molecule has 5 nitrogen and oxygen atoms in total. The van der Waals surface area contributed by atoms with Gasteiger partial charge in [-0.15, -0.1) is 0 Å². The number of carbonyl (C=O) groups excluding carboxylic acids is 2. The number of nitrogens with one attached hydrogen (secondary N) is 1. The van der Waals surface area contributed by atoms with E-state index in [2.05, 4.69) is 21.2 Å². The predicted octanol–water partition coefficient (Wildman–Crippen LogP) is 2.92. The summed E-state index contributed by atoms with van der Waals surface area (Å²) in [5.74, 6) is 0.440. The Hall–Kier alpha value is -2.18. The number of nitrogens with zero attached hydrogens (tertiary/aromatic N) is 1. The molecule has 0 spiro atoms. The lowest BCUT2D eigenvalue weighted by Gasteiger charge is -2.15. The SMILES string of the molecule is COc1cccc(CCNC2CC(=O)N(c3ccc(Br)cc3)C2=O)c1. The summed E-state index contributed by atoms with van der Waals surface area (Å²) in [6, 6.07) is 14.5. The van der Waals surface area contributed by atoms with Crippen LogP contribution in [0, 0.1) is 0 Å². The van der Waals surface area contributed by atoms with Crippen LogP contribution in [0.15, 0.2) is 53.0 Å². The van der Waals surface area contributed by atoms with Crippen molar-refractivity contribution in [3.63, 3.8) is 0 Å². The molecule has 1 saturated heterocycles. The van der Waals surface area contributed by atoms with Gasteiger partial charge in [0.15, 0.2) is 0 Å². The molecule has 0 aliphatic carbocycles. The van der Waals surface area contributed by atoms with Gasteiger partial charge in [-0.25, -0.2) is 4.90 Å². The molecule has 0 aromatic heterocycles. The second kappa shape index (κ2) is 7.80. The van der Waals surface area contributed by atoms with Crippen molar-refractivity contribution in [2.75, 3.05) is 18.6 Å². The summed E-state index contributed by atoms with van der Waals surface area (Å²) in [6.45, 7) is 0.616. The Labute approximate surface area is 155 Å². The number of hydrogen-bond donors (Lipinski definition) is 1. The Morgan fingerprint density at radius 2 is 1.96 bits per heavy atom. The number of anilines is 1. The third kappa shape index (κ3) is 4.08. The number of halogens is 1. The van der Waals surface area contributed by atoms with Gasteiger partial charge in [0, 0.05) is 4.47 Å². The fourth-order valence-electron chi connectivity index (χ4n) is 2.87. The molecule has 6 heteroatoms. The summed E-state index contributed by atoms with van der Waals surface area (Å²) in [7, 11) is 1.64. The zero-order valence-corrected chi connectivity index (χ0v) is 15.5. The molecule has 2 aromatic carbocycles. The molecule has 1 aliphatic heterocycles. The Morgan fingerprint density at radius 3 is 2.68 bits per heavy atom. The van der Waals surface area contributed by atoms with E-state index in [-0.39, 0.29) is 18.2 Å². The maximum absolute atomic E-state index is 12.6. The largest absolute Gasteiger partial charge is 0.497 e. The fourth-order valence-corrected chi connectivity index (χ4v) is 3.14. The van der Waals surface area contributed by atoms with E-state index in [0.717, 1.165) is 22.2 Å². The van der Waals surface area contributed by atoms with Crippen LogP contribution in [0.4, 0.5) is 5.69 Å². The molecule has 1 heterocycles. The highest BCUT2D eigenvalue weighted by Gasteiger charge is 2.39. The first-order chi connectivity index (χ1) is 12.1. The Balaban J connectivity index is 1.59. The van der Waals surface area contributed by atoms with Crippen LogP contribution in [0.2, 0.25) is 0 Å². The van der Waals surface area contributed by atoms with Crippen molar-refractivity contribution in [3.05, 3.63) is 58.6 Å². The molecule has 1 N–H and O–H groups in total. The van der Waals surface area contributed by atoms with Gasteiger partial charge in [-0.05, 0) is 54.9 Å². The van der Waals surface area contributed by atoms with Crippen LogP contribution in [0.5, 0.6) is 5.75 Å². The van der Waals surface area contributed by atoms with E-state index in [1.807, 2.05) is 36.4 Å².